The van der Waals surface area contributed by atoms with Gasteiger partial charge in [0.15, 0.2) is 6.61 Å². The summed E-state index contributed by atoms with van der Waals surface area (Å²) in [7, 11) is 1.48. The molecule has 6 nitrogen and oxygen atoms in total. The van der Waals surface area contributed by atoms with Crippen LogP contribution in [0.25, 0.3) is 0 Å². The summed E-state index contributed by atoms with van der Waals surface area (Å²) < 4.78 is 9.61. The fraction of sp³-hybridized carbons (Fsp3) is 0.308. The third-order valence-electron chi connectivity index (χ3n) is 2.26. The van der Waals surface area contributed by atoms with Crippen molar-refractivity contribution in [3.05, 3.63) is 29.8 Å². The van der Waals surface area contributed by atoms with Gasteiger partial charge in [-0.3, -0.25) is 9.59 Å². The molecule has 0 aliphatic carbocycles. The van der Waals surface area contributed by atoms with Gasteiger partial charge in [0.25, 0.3) is 5.91 Å². The molecule has 0 bridgehead atoms. The number of carbonyl (C=O) groups excluding carboxylic acids is 2. The number of ether oxygens (including phenoxy) is 2. The summed E-state index contributed by atoms with van der Waals surface area (Å²) in [4.78, 5) is 22.9. The Kier molecular flexibility index (Phi) is 5.89. The standard InChI is InChI=1S/C13H14N2O4/c1-18-11-5-3-2-4-10(11)13(17)15-8-6-12(16)19-9-7-14/h2-5H,6,8-9H2,1H3,(H,15,17). The monoisotopic (exact) mass is 262 g/mol. The second-order valence-electron chi connectivity index (χ2n) is 3.52. The van der Waals surface area contributed by atoms with Crippen LogP contribution < -0.4 is 10.1 Å². The van der Waals surface area contributed by atoms with E-state index in [4.69, 9.17) is 10.00 Å². The van der Waals surface area contributed by atoms with Crippen LogP contribution in [0.1, 0.15) is 16.8 Å². The smallest absolute Gasteiger partial charge is 0.308 e. The number of rotatable bonds is 6. The summed E-state index contributed by atoms with van der Waals surface area (Å²) >= 11 is 0. The van der Waals surface area contributed by atoms with Gasteiger partial charge in [0, 0.05) is 6.54 Å². The number of hydrogen-bond acceptors (Lipinski definition) is 5. The van der Waals surface area contributed by atoms with Crippen LogP contribution in [0, 0.1) is 11.3 Å². The number of esters is 1. The minimum atomic E-state index is -0.526. The molecule has 6 heteroatoms. The molecule has 0 aliphatic heterocycles. The predicted octanol–water partition coefficient (Wildman–Crippen LogP) is 0.882. The van der Waals surface area contributed by atoms with Gasteiger partial charge in [-0.15, -0.1) is 0 Å². The number of carbonyl (C=O) groups is 2. The van der Waals surface area contributed by atoms with Gasteiger partial charge >= 0.3 is 5.97 Å². The first-order valence-corrected chi connectivity index (χ1v) is 5.63. The highest BCUT2D eigenvalue weighted by atomic mass is 16.5. The van der Waals surface area contributed by atoms with Gasteiger partial charge in [-0.1, -0.05) is 12.1 Å². The van der Waals surface area contributed by atoms with Gasteiger partial charge in [-0.25, -0.2) is 0 Å². The number of para-hydroxylation sites is 1. The van der Waals surface area contributed by atoms with E-state index in [-0.39, 0.29) is 25.5 Å². The Labute approximate surface area is 110 Å². The van der Waals surface area contributed by atoms with Crippen molar-refractivity contribution in [3.63, 3.8) is 0 Å². The normalized spacial score (nSPS) is 9.26. The molecule has 0 atom stereocenters. The molecule has 0 saturated carbocycles. The average Bonchev–Trinajstić information content (AvgIpc) is 2.44. The van der Waals surface area contributed by atoms with Crippen molar-refractivity contribution in [2.24, 2.45) is 0 Å². The number of nitrogens with zero attached hydrogens (tertiary/aromatic N) is 1. The molecular formula is C13H14N2O4. The van der Waals surface area contributed by atoms with E-state index < -0.39 is 5.97 Å². The zero-order valence-corrected chi connectivity index (χ0v) is 10.5. The number of nitrogens with one attached hydrogen (secondary N) is 1. The van der Waals surface area contributed by atoms with Gasteiger partial charge in [0.2, 0.25) is 0 Å². The largest absolute Gasteiger partial charge is 0.496 e. The Hall–Kier alpha value is -2.55. The molecule has 1 aromatic carbocycles. The molecule has 0 heterocycles. The summed E-state index contributed by atoms with van der Waals surface area (Å²) in [5.41, 5.74) is 0.399. The van der Waals surface area contributed by atoms with E-state index in [1.165, 1.54) is 7.11 Å². The van der Waals surface area contributed by atoms with Crippen LogP contribution in [0.3, 0.4) is 0 Å². The molecule has 0 saturated heterocycles. The van der Waals surface area contributed by atoms with Gasteiger partial charge in [-0.05, 0) is 12.1 Å². The quantitative estimate of drug-likeness (QED) is 0.769. The first-order chi connectivity index (χ1) is 9.19. The number of hydrogen-bond donors (Lipinski definition) is 1. The van der Waals surface area contributed by atoms with Crippen molar-refractivity contribution in [3.8, 4) is 11.8 Å². The minimum Gasteiger partial charge on any atom is -0.496 e. The van der Waals surface area contributed by atoms with Crippen molar-refractivity contribution in [1.29, 1.82) is 5.26 Å². The predicted molar refractivity (Wildman–Crippen MR) is 66.5 cm³/mol. The lowest BCUT2D eigenvalue weighted by atomic mass is 10.2. The Balaban J connectivity index is 2.44. The molecule has 0 radical (unpaired) electrons. The van der Waals surface area contributed by atoms with E-state index >= 15 is 0 Å². The lowest BCUT2D eigenvalue weighted by Crippen LogP contribution is -2.26. The van der Waals surface area contributed by atoms with Gasteiger partial charge < -0.3 is 14.8 Å². The number of amides is 1. The van der Waals surface area contributed by atoms with Crippen molar-refractivity contribution < 1.29 is 19.1 Å². The molecule has 0 aromatic heterocycles. The Morgan fingerprint density at radius 2 is 2.11 bits per heavy atom. The maximum absolute atomic E-state index is 11.8. The summed E-state index contributed by atoms with van der Waals surface area (Å²) in [6.45, 7) is -0.138. The van der Waals surface area contributed by atoms with E-state index in [2.05, 4.69) is 10.1 Å². The van der Waals surface area contributed by atoms with Crippen LogP contribution in [0.15, 0.2) is 24.3 Å². The maximum atomic E-state index is 11.8. The number of benzene rings is 1. The fourth-order valence-corrected chi connectivity index (χ4v) is 1.39. The summed E-state index contributed by atoms with van der Waals surface area (Å²) in [6, 6.07) is 8.48. The van der Waals surface area contributed by atoms with Crippen LogP contribution >= 0.6 is 0 Å². The molecule has 0 aliphatic rings. The van der Waals surface area contributed by atoms with Crippen molar-refractivity contribution in [2.75, 3.05) is 20.3 Å². The summed E-state index contributed by atoms with van der Waals surface area (Å²) in [6.07, 6.45) is 0.0164. The van der Waals surface area contributed by atoms with Crippen LogP contribution in [0.4, 0.5) is 0 Å². The zero-order chi connectivity index (χ0) is 14.1. The van der Waals surface area contributed by atoms with E-state index in [1.807, 2.05) is 0 Å². The molecule has 1 N–H and O–H groups in total. The summed E-state index contributed by atoms with van der Waals surface area (Å²) in [5, 5.41) is 10.8. The maximum Gasteiger partial charge on any atom is 0.308 e. The molecule has 19 heavy (non-hydrogen) atoms. The Morgan fingerprint density at radius 3 is 2.79 bits per heavy atom. The van der Waals surface area contributed by atoms with Gasteiger partial charge in [0.05, 0.1) is 19.1 Å². The second kappa shape index (κ2) is 7.71. The summed E-state index contributed by atoms with van der Waals surface area (Å²) in [5.74, 6) is -0.389. The average molecular weight is 262 g/mol. The first kappa shape index (κ1) is 14.5. The highest BCUT2D eigenvalue weighted by molar-refractivity contribution is 5.97. The molecule has 1 rings (SSSR count). The minimum absolute atomic E-state index is 0.0164. The van der Waals surface area contributed by atoms with E-state index in [9.17, 15) is 9.59 Å². The highest BCUT2D eigenvalue weighted by Gasteiger charge is 2.11. The zero-order valence-electron chi connectivity index (χ0n) is 10.5. The third kappa shape index (κ3) is 4.68. The van der Waals surface area contributed by atoms with E-state index in [1.54, 1.807) is 30.3 Å². The fourth-order valence-electron chi connectivity index (χ4n) is 1.39. The van der Waals surface area contributed by atoms with Crippen LogP contribution in [0.2, 0.25) is 0 Å². The molecule has 0 spiro atoms. The highest BCUT2D eigenvalue weighted by Crippen LogP contribution is 2.16. The molecule has 1 aromatic rings. The second-order valence-corrected chi connectivity index (χ2v) is 3.52. The molecule has 0 fully saturated rings. The Morgan fingerprint density at radius 1 is 1.37 bits per heavy atom. The molecule has 0 unspecified atom stereocenters. The van der Waals surface area contributed by atoms with E-state index in [0.717, 1.165) is 0 Å². The van der Waals surface area contributed by atoms with Gasteiger partial charge in [-0.2, -0.15) is 5.26 Å². The number of nitriles is 1. The topological polar surface area (TPSA) is 88.4 Å². The van der Waals surface area contributed by atoms with Crippen molar-refractivity contribution in [1.82, 2.24) is 5.32 Å². The van der Waals surface area contributed by atoms with E-state index in [0.29, 0.717) is 11.3 Å². The number of methoxy groups -OCH3 is 1. The van der Waals surface area contributed by atoms with Crippen molar-refractivity contribution >= 4 is 11.9 Å². The first-order valence-electron chi connectivity index (χ1n) is 5.63. The SMILES string of the molecule is COc1ccccc1C(=O)NCCC(=O)OCC#N. The third-order valence-corrected chi connectivity index (χ3v) is 2.26. The molecular weight excluding hydrogens is 248 g/mol. The molecule has 1 amide bonds. The van der Waals surface area contributed by atoms with Crippen LogP contribution in [-0.2, 0) is 9.53 Å². The lowest BCUT2D eigenvalue weighted by Gasteiger charge is -2.08. The van der Waals surface area contributed by atoms with Crippen molar-refractivity contribution in [2.45, 2.75) is 6.42 Å². The van der Waals surface area contributed by atoms with Gasteiger partial charge in [0.1, 0.15) is 11.8 Å². The molecule has 100 valence electrons. The van der Waals surface area contributed by atoms with Crippen LogP contribution in [-0.4, -0.2) is 32.1 Å². The lowest BCUT2D eigenvalue weighted by molar-refractivity contribution is -0.142. The van der Waals surface area contributed by atoms with Crippen LogP contribution in [0.5, 0.6) is 5.75 Å². The Bertz CT molecular complexity index is 494.